The van der Waals surface area contributed by atoms with Gasteiger partial charge < -0.3 is 5.32 Å². The number of thiazole rings is 1. The Hall–Kier alpha value is -3.65. The van der Waals surface area contributed by atoms with E-state index in [1.54, 1.807) is 35.7 Å². The topological polar surface area (TPSA) is 79.4 Å². The Balaban J connectivity index is 1.74. The van der Waals surface area contributed by atoms with Crippen LogP contribution in [0.15, 0.2) is 60.0 Å². The Labute approximate surface area is 176 Å². The maximum Gasteiger partial charge on any atom is 0.248 e. The Morgan fingerprint density at radius 3 is 2.57 bits per heavy atom. The molecule has 0 bridgehead atoms. The van der Waals surface area contributed by atoms with Crippen LogP contribution in [0.5, 0.6) is 0 Å². The van der Waals surface area contributed by atoms with Gasteiger partial charge in [0.05, 0.1) is 11.4 Å². The average molecular weight is 423 g/mol. The van der Waals surface area contributed by atoms with Crippen molar-refractivity contribution in [2.45, 2.75) is 13.8 Å². The molecule has 2 amide bonds. The SMILES string of the molecule is CC(=O)c1cccc(NC(=O)/C=C/c2csc(N(C(C)=O)c3ccccc3F)n2)c1. The van der Waals surface area contributed by atoms with Crippen LogP contribution < -0.4 is 10.2 Å². The molecule has 1 heterocycles. The molecule has 0 aliphatic rings. The number of nitrogens with one attached hydrogen (secondary N) is 1. The van der Waals surface area contributed by atoms with Crippen molar-refractivity contribution >= 4 is 51.5 Å². The van der Waals surface area contributed by atoms with E-state index in [0.717, 1.165) is 11.3 Å². The van der Waals surface area contributed by atoms with Crippen LogP contribution in [0, 0.1) is 5.82 Å². The summed E-state index contributed by atoms with van der Waals surface area (Å²) in [5.74, 6) is -1.41. The van der Waals surface area contributed by atoms with Crippen molar-refractivity contribution in [3.8, 4) is 0 Å². The van der Waals surface area contributed by atoms with Crippen LogP contribution in [0.4, 0.5) is 20.9 Å². The Kier molecular flexibility index (Phi) is 6.48. The second kappa shape index (κ2) is 9.23. The van der Waals surface area contributed by atoms with Crippen molar-refractivity contribution in [3.05, 3.63) is 77.1 Å². The molecule has 0 saturated carbocycles. The maximum absolute atomic E-state index is 14.1. The van der Waals surface area contributed by atoms with Crippen LogP contribution in [-0.2, 0) is 9.59 Å². The van der Waals surface area contributed by atoms with Gasteiger partial charge in [-0.1, -0.05) is 24.3 Å². The molecule has 0 aliphatic carbocycles. The van der Waals surface area contributed by atoms with E-state index >= 15 is 0 Å². The standard InChI is InChI=1S/C22H18FN3O3S/c1-14(27)16-6-5-7-17(12-16)24-21(29)11-10-18-13-30-22(25-18)26(15(2)28)20-9-4-3-8-19(20)23/h3-13H,1-2H3,(H,24,29)/b11-10+. The van der Waals surface area contributed by atoms with Crippen LogP contribution in [0.25, 0.3) is 6.08 Å². The fraction of sp³-hybridized carbons (Fsp3) is 0.0909. The summed E-state index contributed by atoms with van der Waals surface area (Å²) in [6.07, 6.45) is 2.78. The van der Waals surface area contributed by atoms with E-state index in [4.69, 9.17) is 0 Å². The molecule has 152 valence electrons. The fourth-order valence-electron chi connectivity index (χ4n) is 2.66. The molecule has 0 fully saturated rings. The highest BCUT2D eigenvalue weighted by Gasteiger charge is 2.20. The largest absolute Gasteiger partial charge is 0.322 e. The number of halogens is 1. The highest BCUT2D eigenvalue weighted by atomic mass is 32.1. The molecule has 2 aromatic carbocycles. The van der Waals surface area contributed by atoms with Gasteiger partial charge >= 0.3 is 0 Å². The Morgan fingerprint density at radius 2 is 1.87 bits per heavy atom. The van der Waals surface area contributed by atoms with Gasteiger partial charge in [0.2, 0.25) is 11.8 Å². The number of hydrogen-bond donors (Lipinski definition) is 1. The first-order valence-corrected chi connectivity index (χ1v) is 9.84. The lowest BCUT2D eigenvalue weighted by Gasteiger charge is -2.18. The minimum atomic E-state index is -0.535. The minimum Gasteiger partial charge on any atom is -0.322 e. The van der Waals surface area contributed by atoms with E-state index in [9.17, 15) is 18.8 Å². The van der Waals surface area contributed by atoms with Gasteiger partial charge in [0.25, 0.3) is 0 Å². The number of rotatable bonds is 6. The molecule has 30 heavy (non-hydrogen) atoms. The van der Waals surface area contributed by atoms with Crippen molar-refractivity contribution in [2.75, 3.05) is 10.2 Å². The number of amides is 2. The van der Waals surface area contributed by atoms with Crippen molar-refractivity contribution < 1.29 is 18.8 Å². The van der Waals surface area contributed by atoms with Gasteiger partial charge in [0.15, 0.2) is 10.9 Å². The van der Waals surface area contributed by atoms with Gasteiger partial charge in [-0.3, -0.25) is 19.3 Å². The average Bonchev–Trinajstić information content (AvgIpc) is 3.16. The van der Waals surface area contributed by atoms with Gasteiger partial charge in [-0.15, -0.1) is 11.3 Å². The molecular weight excluding hydrogens is 405 g/mol. The van der Waals surface area contributed by atoms with Crippen molar-refractivity contribution in [1.29, 1.82) is 0 Å². The quantitative estimate of drug-likeness (QED) is 0.455. The zero-order valence-electron chi connectivity index (χ0n) is 16.3. The minimum absolute atomic E-state index is 0.0958. The zero-order valence-corrected chi connectivity index (χ0v) is 17.1. The Bertz CT molecular complexity index is 1140. The van der Waals surface area contributed by atoms with Crippen LogP contribution in [0.3, 0.4) is 0 Å². The first kappa shape index (κ1) is 21.1. The van der Waals surface area contributed by atoms with Crippen molar-refractivity contribution in [1.82, 2.24) is 4.98 Å². The van der Waals surface area contributed by atoms with E-state index in [-0.39, 0.29) is 17.4 Å². The first-order chi connectivity index (χ1) is 14.3. The highest BCUT2D eigenvalue weighted by Crippen LogP contribution is 2.31. The molecule has 0 saturated heterocycles. The highest BCUT2D eigenvalue weighted by molar-refractivity contribution is 7.14. The third-order valence-electron chi connectivity index (χ3n) is 4.05. The number of nitrogens with zero attached hydrogens (tertiary/aromatic N) is 2. The molecular formula is C22H18FN3O3S. The van der Waals surface area contributed by atoms with E-state index in [1.165, 1.54) is 49.1 Å². The van der Waals surface area contributed by atoms with Crippen molar-refractivity contribution in [2.24, 2.45) is 0 Å². The third-order valence-corrected chi connectivity index (χ3v) is 4.90. The Morgan fingerprint density at radius 1 is 1.10 bits per heavy atom. The van der Waals surface area contributed by atoms with E-state index in [1.807, 2.05) is 0 Å². The predicted octanol–water partition coefficient (Wildman–Crippen LogP) is 4.82. The summed E-state index contributed by atoms with van der Waals surface area (Å²) >= 11 is 1.16. The van der Waals surface area contributed by atoms with Gasteiger partial charge in [0.1, 0.15) is 5.82 Å². The summed E-state index contributed by atoms with van der Waals surface area (Å²) in [5, 5.41) is 4.62. The fourth-order valence-corrected chi connectivity index (χ4v) is 3.50. The van der Waals surface area contributed by atoms with E-state index in [0.29, 0.717) is 22.1 Å². The van der Waals surface area contributed by atoms with Gasteiger partial charge in [-0.2, -0.15) is 0 Å². The predicted molar refractivity (Wildman–Crippen MR) is 115 cm³/mol. The van der Waals surface area contributed by atoms with E-state index < -0.39 is 11.7 Å². The summed E-state index contributed by atoms with van der Waals surface area (Å²) in [6, 6.07) is 12.6. The monoisotopic (exact) mass is 423 g/mol. The lowest BCUT2D eigenvalue weighted by Crippen LogP contribution is -2.23. The third kappa shape index (κ3) is 5.03. The molecule has 0 spiro atoms. The van der Waals surface area contributed by atoms with Crippen molar-refractivity contribution in [3.63, 3.8) is 0 Å². The first-order valence-electron chi connectivity index (χ1n) is 8.96. The number of aromatic nitrogens is 1. The number of para-hydroxylation sites is 1. The molecule has 6 nitrogen and oxygen atoms in total. The molecule has 1 N–H and O–H groups in total. The molecule has 3 rings (SSSR count). The van der Waals surface area contributed by atoms with Crippen LogP contribution in [-0.4, -0.2) is 22.6 Å². The number of carbonyl (C=O) groups excluding carboxylic acids is 3. The summed E-state index contributed by atoms with van der Waals surface area (Å²) in [4.78, 5) is 41.2. The molecule has 3 aromatic rings. The number of benzene rings is 2. The number of Topliss-reactive ketones (excluding diaryl/α,β-unsaturated/α-hetero) is 1. The molecule has 0 radical (unpaired) electrons. The van der Waals surface area contributed by atoms with Crippen LogP contribution in [0.1, 0.15) is 29.9 Å². The maximum atomic E-state index is 14.1. The number of ketones is 1. The van der Waals surface area contributed by atoms with Gasteiger partial charge in [-0.05, 0) is 37.3 Å². The summed E-state index contributed by atoms with van der Waals surface area (Å²) in [7, 11) is 0. The lowest BCUT2D eigenvalue weighted by atomic mass is 10.1. The lowest BCUT2D eigenvalue weighted by molar-refractivity contribution is -0.116. The molecule has 8 heteroatoms. The summed E-state index contributed by atoms with van der Waals surface area (Å²) in [5.41, 5.74) is 1.56. The molecule has 1 aromatic heterocycles. The summed E-state index contributed by atoms with van der Waals surface area (Å²) in [6.45, 7) is 2.78. The zero-order chi connectivity index (χ0) is 21.7. The van der Waals surface area contributed by atoms with E-state index in [2.05, 4.69) is 10.3 Å². The van der Waals surface area contributed by atoms with Crippen LogP contribution in [0.2, 0.25) is 0 Å². The summed E-state index contributed by atoms with van der Waals surface area (Å²) < 4.78 is 14.1. The number of anilines is 3. The normalized spacial score (nSPS) is 10.8. The molecule has 0 atom stereocenters. The number of carbonyl (C=O) groups is 3. The second-order valence-corrected chi connectivity index (χ2v) is 7.16. The van der Waals surface area contributed by atoms with Gasteiger partial charge in [0, 0.05) is 29.6 Å². The smallest absolute Gasteiger partial charge is 0.248 e. The van der Waals surface area contributed by atoms with Gasteiger partial charge in [-0.25, -0.2) is 9.37 Å². The second-order valence-electron chi connectivity index (χ2n) is 6.32. The van der Waals surface area contributed by atoms with Crippen LogP contribution >= 0.6 is 11.3 Å². The molecule has 0 unspecified atom stereocenters. The molecule has 0 aliphatic heterocycles. The number of hydrogen-bond acceptors (Lipinski definition) is 5.